The van der Waals surface area contributed by atoms with E-state index in [1.165, 1.54) is 11.0 Å². The number of hydrogen-bond acceptors (Lipinski definition) is 3. The third-order valence-corrected chi connectivity index (χ3v) is 3.52. The van der Waals surface area contributed by atoms with Crippen LogP contribution >= 0.6 is 32.9 Å². The molecule has 0 bridgehead atoms. The molecule has 2 aliphatic heterocycles. The van der Waals surface area contributed by atoms with E-state index >= 15 is 0 Å². The minimum atomic E-state index is -4.82. The lowest BCUT2D eigenvalue weighted by Gasteiger charge is -2.31. The molecule has 2 aliphatic rings. The second-order valence-electron chi connectivity index (χ2n) is 3.57. The van der Waals surface area contributed by atoms with Gasteiger partial charge in [0.15, 0.2) is 0 Å². The molecule has 2 unspecified atom stereocenters. The van der Waals surface area contributed by atoms with Gasteiger partial charge in [-0.1, -0.05) is 22.0 Å². The van der Waals surface area contributed by atoms with Gasteiger partial charge in [-0.15, -0.1) is 17.0 Å². The van der Waals surface area contributed by atoms with Gasteiger partial charge in [0, 0.05) is 5.70 Å². The van der Waals surface area contributed by atoms with E-state index < -0.39 is 16.9 Å². The van der Waals surface area contributed by atoms with E-state index in [9.17, 15) is 18.3 Å². The quantitative estimate of drug-likeness (QED) is 0.520. The summed E-state index contributed by atoms with van der Waals surface area (Å²) in [5.74, 6) is 0.0988. The van der Waals surface area contributed by atoms with E-state index in [2.05, 4.69) is 20.9 Å². The summed E-state index contributed by atoms with van der Waals surface area (Å²) in [6.07, 6.45) is -0.160. The average Bonchev–Trinajstić information content (AvgIpc) is 2.40. The highest BCUT2D eigenvalue weighted by molar-refractivity contribution is 9.09. The number of rotatable bonds is 0. The van der Waals surface area contributed by atoms with Gasteiger partial charge >= 0.3 is 6.18 Å². The van der Waals surface area contributed by atoms with Gasteiger partial charge in [-0.3, -0.25) is 0 Å². The van der Waals surface area contributed by atoms with Crippen LogP contribution < -0.4 is 0 Å². The maximum atomic E-state index is 12.7. The van der Waals surface area contributed by atoms with Crippen molar-refractivity contribution in [1.82, 2.24) is 4.90 Å². The summed E-state index contributed by atoms with van der Waals surface area (Å²) in [5.41, 5.74) is -2.52. The molecule has 0 aliphatic carbocycles. The number of alkyl halides is 4. The molecule has 0 fully saturated rings. The normalized spacial score (nSPS) is 31.6. The van der Waals surface area contributed by atoms with Gasteiger partial charge in [0.1, 0.15) is 10.8 Å². The largest absolute Gasteiger partial charge is 0.441 e. The molecule has 0 saturated carbocycles. The van der Waals surface area contributed by atoms with Gasteiger partial charge in [0.05, 0.1) is 0 Å². The topological polar surface area (TPSA) is 35.8 Å². The highest BCUT2D eigenvalue weighted by Crippen LogP contribution is 2.44. The lowest BCUT2D eigenvalue weighted by molar-refractivity contribution is -0.257. The first-order chi connectivity index (χ1) is 7.27. The molecule has 0 saturated heterocycles. The molecule has 0 radical (unpaired) electrons. The summed E-state index contributed by atoms with van der Waals surface area (Å²) in [6.45, 7) is 1.65. The van der Waals surface area contributed by atoms with Crippen molar-refractivity contribution in [2.75, 3.05) is 0 Å². The highest BCUT2D eigenvalue weighted by atomic mass is 79.9. The van der Waals surface area contributed by atoms with Gasteiger partial charge in [0.25, 0.3) is 5.72 Å². The van der Waals surface area contributed by atoms with E-state index in [1.54, 1.807) is 19.1 Å². The fraction of sp³-hybridized carbons (Fsp3) is 0.444. The molecular formula is C9H9Br2F3N2O. The summed E-state index contributed by atoms with van der Waals surface area (Å²) in [5, 5.41) is 9.58. The second-order valence-corrected chi connectivity index (χ2v) is 4.43. The van der Waals surface area contributed by atoms with Gasteiger partial charge in [-0.2, -0.15) is 13.2 Å². The van der Waals surface area contributed by atoms with Crippen LogP contribution in [0.3, 0.4) is 0 Å². The molecule has 8 heteroatoms. The van der Waals surface area contributed by atoms with Crippen molar-refractivity contribution in [3.63, 3.8) is 0 Å². The molecule has 0 aromatic heterocycles. The predicted octanol–water partition coefficient (Wildman–Crippen LogP) is 2.72. The molecule has 17 heavy (non-hydrogen) atoms. The number of amidine groups is 1. The average molecular weight is 378 g/mol. The summed E-state index contributed by atoms with van der Waals surface area (Å²) >= 11 is 2.85. The number of hydrogen-bond donors (Lipinski definition) is 1. The molecule has 3 nitrogen and oxygen atoms in total. The molecule has 0 spiro atoms. The Balaban J connectivity index is 0.00000144. The lowest BCUT2D eigenvalue weighted by atomic mass is 10.2. The maximum absolute atomic E-state index is 12.7. The molecule has 0 aromatic rings. The van der Waals surface area contributed by atoms with Crippen LogP contribution in [0.15, 0.2) is 28.9 Å². The minimum Gasteiger partial charge on any atom is -0.360 e. The Bertz CT molecular complexity index is 419. The summed E-state index contributed by atoms with van der Waals surface area (Å²) in [6, 6.07) is 0. The number of fused-ring (bicyclic) bond motifs is 1. The summed E-state index contributed by atoms with van der Waals surface area (Å²) < 4.78 is 38.1. The van der Waals surface area contributed by atoms with Gasteiger partial charge in [-0.25, -0.2) is 4.99 Å². The van der Waals surface area contributed by atoms with Crippen LogP contribution in [0.2, 0.25) is 0 Å². The van der Waals surface area contributed by atoms with Crippen LogP contribution in [0.5, 0.6) is 0 Å². The van der Waals surface area contributed by atoms with Crippen LogP contribution in [0.4, 0.5) is 13.2 Å². The van der Waals surface area contributed by atoms with Crippen molar-refractivity contribution < 1.29 is 18.3 Å². The third-order valence-electron chi connectivity index (χ3n) is 2.47. The number of aliphatic hydroxyl groups is 1. The van der Waals surface area contributed by atoms with Crippen molar-refractivity contribution in [3.8, 4) is 0 Å². The Morgan fingerprint density at radius 2 is 2.12 bits per heavy atom. The second kappa shape index (κ2) is 4.40. The molecule has 0 aromatic carbocycles. The molecule has 2 heterocycles. The number of allylic oxidation sites excluding steroid dienone is 3. The molecule has 96 valence electrons. The number of aliphatic imine (C=N–C) groups is 1. The Hall–Kier alpha value is -0.340. The van der Waals surface area contributed by atoms with E-state index in [0.29, 0.717) is 5.70 Å². The zero-order chi connectivity index (χ0) is 12.1. The zero-order valence-electron chi connectivity index (χ0n) is 8.57. The minimum absolute atomic E-state index is 0. The first-order valence-corrected chi connectivity index (χ1v) is 5.36. The maximum Gasteiger partial charge on any atom is 0.441 e. The third kappa shape index (κ3) is 2.06. The van der Waals surface area contributed by atoms with Crippen molar-refractivity contribution >= 4 is 38.7 Å². The van der Waals surface area contributed by atoms with E-state index in [-0.39, 0.29) is 22.8 Å². The van der Waals surface area contributed by atoms with Gasteiger partial charge in [0.2, 0.25) is 0 Å². The van der Waals surface area contributed by atoms with Gasteiger partial charge < -0.3 is 10.0 Å². The Kier molecular flexibility index (Phi) is 3.81. The van der Waals surface area contributed by atoms with Gasteiger partial charge in [-0.05, 0) is 19.1 Å². The molecule has 1 N–H and O–H groups in total. The van der Waals surface area contributed by atoms with Crippen LogP contribution in [0.1, 0.15) is 6.92 Å². The van der Waals surface area contributed by atoms with E-state index in [1.807, 2.05) is 0 Å². The fourth-order valence-corrected chi connectivity index (χ4v) is 2.50. The molecule has 0 amide bonds. The van der Waals surface area contributed by atoms with Crippen molar-refractivity contribution in [2.45, 2.75) is 23.8 Å². The SMILES string of the molecule is Br.CC1=CC=CC2=NC(O)(C(F)(F)F)C(Br)N12. The fourth-order valence-electron chi connectivity index (χ4n) is 1.61. The predicted molar refractivity (Wildman–Crippen MR) is 66.2 cm³/mol. The molecule has 2 atom stereocenters. The lowest BCUT2D eigenvalue weighted by Crippen LogP contribution is -2.52. The van der Waals surface area contributed by atoms with Crippen LogP contribution in [-0.4, -0.2) is 32.7 Å². The van der Waals surface area contributed by atoms with E-state index in [4.69, 9.17) is 0 Å². The van der Waals surface area contributed by atoms with Crippen LogP contribution in [-0.2, 0) is 0 Å². The monoisotopic (exact) mass is 376 g/mol. The van der Waals surface area contributed by atoms with Crippen LogP contribution in [0.25, 0.3) is 0 Å². The highest BCUT2D eigenvalue weighted by Gasteiger charge is 2.64. The Labute approximate surface area is 115 Å². The summed E-state index contributed by atoms with van der Waals surface area (Å²) in [7, 11) is 0. The Morgan fingerprint density at radius 3 is 2.59 bits per heavy atom. The number of nitrogens with zero attached hydrogens (tertiary/aromatic N) is 2. The molecular weight excluding hydrogens is 369 g/mol. The first-order valence-electron chi connectivity index (χ1n) is 4.44. The van der Waals surface area contributed by atoms with E-state index in [0.717, 1.165) is 0 Å². The Morgan fingerprint density at radius 1 is 1.53 bits per heavy atom. The smallest absolute Gasteiger partial charge is 0.360 e. The summed E-state index contributed by atoms with van der Waals surface area (Å²) in [4.78, 5) is 3.31. The standard InChI is InChI=1S/C9H8BrF3N2O.BrH/c1-5-3-2-4-6-14-8(16,9(11,12)13)7(10)15(5)6;/h2-4,7,16H,1H3;1H. The van der Waals surface area contributed by atoms with Crippen molar-refractivity contribution in [1.29, 1.82) is 0 Å². The van der Waals surface area contributed by atoms with Crippen LogP contribution in [0, 0.1) is 0 Å². The number of halogens is 5. The van der Waals surface area contributed by atoms with Crippen molar-refractivity contribution in [2.24, 2.45) is 4.99 Å². The van der Waals surface area contributed by atoms with Crippen molar-refractivity contribution in [3.05, 3.63) is 23.9 Å². The first kappa shape index (κ1) is 14.7. The molecule has 2 rings (SSSR count). The zero-order valence-corrected chi connectivity index (χ0v) is 11.9.